The van der Waals surface area contributed by atoms with E-state index in [1.165, 1.54) is 16.5 Å². The Morgan fingerprint density at radius 1 is 1.11 bits per heavy atom. The van der Waals surface area contributed by atoms with Crippen LogP contribution in [0.2, 0.25) is 0 Å². The molecule has 1 aliphatic rings. The number of benzene rings is 2. The molecule has 2 aromatic carbocycles. The third-order valence-corrected chi connectivity index (χ3v) is 6.80. The van der Waals surface area contributed by atoms with Crippen LogP contribution in [0.4, 0.5) is 0 Å². The number of nitrogens with zero attached hydrogens (tertiary/aromatic N) is 3. The maximum atomic E-state index is 10.7. The van der Waals surface area contributed by atoms with Crippen LogP contribution in [0.3, 0.4) is 0 Å². The number of ether oxygens (including phenoxy) is 1. The van der Waals surface area contributed by atoms with Crippen LogP contribution in [-0.2, 0) is 0 Å². The lowest BCUT2D eigenvalue weighted by molar-refractivity contribution is 0.0599. The second kappa shape index (κ2) is 9.20. The van der Waals surface area contributed by atoms with Gasteiger partial charge in [0.1, 0.15) is 24.0 Å². The van der Waals surface area contributed by atoms with E-state index in [-0.39, 0.29) is 6.61 Å². The van der Waals surface area contributed by atoms with Crippen molar-refractivity contribution in [3.63, 3.8) is 0 Å². The smallest absolute Gasteiger partial charge is 0.283 e. The van der Waals surface area contributed by atoms with Crippen molar-refractivity contribution in [3.05, 3.63) is 66.2 Å². The molecule has 0 saturated carbocycles. The number of likely N-dealkylation sites (tertiary alicyclic amines) is 1. The zero-order valence-electron chi connectivity index (χ0n) is 19.6. The normalized spacial score (nSPS) is 16.3. The average molecular weight is 473 g/mol. The molecule has 0 unspecified atom stereocenters. The van der Waals surface area contributed by atoms with E-state index < -0.39 is 6.10 Å². The van der Waals surface area contributed by atoms with Gasteiger partial charge in [-0.1, -0.05) is 18.2 Å². The van der Waals surface area contributed by atoms with Gasteiger partial charge in [-0.3, -0.25) is 0 Å². The van der Waals surface area contributed by atoms with Crippen molar-refractivity contribution in [1.29, 1.82) is 0 Å². The van der Waals surface area contributed by atoms with Gasteiger partial charge in [0.15, 0.2) is 5.76 Å². The number of aliphatic hydroxyl groups excluding tert-OH is 1. The Bertz CT molecular complexity index is 1440. The minimum absolute atomic E-state index is 0.211. The van der Waals surface area contributed by atoms with Crippen LogP contribution in [0.1, 0.15) is 30.2 Å². The molecule has 5 aromatic rings. The van der Waals surface area contributed by atoms with Crippen LogP contribution in [0.15, 0.2) is 63.6 Å². The fraction of sp³-hybridized carbons (Fsp3) is 0.333. The largest absolute Gasteiger partial charge is 0.490 e. The van der Waals surface area contributed by atoms with E-state index >= 15 is 0 Å². The maximum absolute atomic E-state index is 10.7. The summed E-state index contributed by atoms with van der Waals surface area (Å²) in [7, 11) is 0. The Labute approximate surface area is 202 Å². The highest BCUT2D eigenvalue weighted by Gasteiger charge is 2.23. The summed E-state index contributed by atoms with van der Waals surface area (Å²) in [5.74, 6) is 2.52. The van der Waals surface area contributed by atoms with Crippen LogP contribution in [0, 0.1) is 6.92 Å². The Morgan fingerprint density at radius 3 is 2.83 bits per heavy atom. The zero-order valence-corrected chi connectivity index (χ0v) is 19.6. The SMILES string of the molecule is Cc1nnc(-c2cc3c(OC[C@@H](O)CN4CCC(c5ccc6cc[nH]c6c5)CC4)cccc3o2)o1. The summed E-state index contributed by atoms with van der Waals surface area (Å²) in [6.07, 6.45) is 3.58. The van der Waals surface area contributed by atoms with E-state index in [9.17, 15) is 5.11 Å². The topological polar surface area (TPSA) is 101 Å². The molecule has 3 aromatic heterocycles. The van der Waals surface area contributed by atoms with E-state index in [2.05, 4.69) is 44.3 Å². The molecule has 0 bridgehead atoms. The number of aliphatic hydroxyl groups is 1. The fourth-order valence-electron chi connectivity index (χ4n) is 4.97. The van der Waals surface area contributed by atoms with Gasteiger partial charge in [-0.15, -0.1) is 10.2 Å². The van der Waals surface area contributed by atoms with Gasteiger partial charge < -0.3 is 28.6 Å². The van der Waals surface area contributed by atoms with E-state index in [4.69, 9.17) is 13.6 Å². The van der Waals surface area contributed by atoms with E-state index in [0.717, 1.165) is 31.3 Å². The van der Waals surface area contributed by atoms with Crippen LogP contribution < -0.4 is 4.74 Å². The van der Waals surface area contributed by atoms with Gasteiger partial charge in [-0.25, -0.2) is 0 Å². The Morgan fingerprint density at radius 2 is 2.00 bits per heavy atom. The number of aromatic nitrogens is 3. The monoisotopic (exact) mass is 472 g/mol. The van der Waals surface area contributed by atoms with E-state index in [1.54, 1.807) is 6.92 Å². The number of aromatic amines is 1. The number of fused-ring (bicyclic) bond motifs is 2. The number of hydrogen-bond acceptors (Lipinski definition) is 7. The first-order valence-corrected chi connectivity index (χ1v) is 12.1. The first-order valence-electron chi connectivity index (χ1n) is 12.1. The van der Waals surface area contributed by atoms with E-state index in [0.29, 0.717) is 41.3 Å². The van der Waals surface area contributed by atoms with Crippen LogP contribution >= 0.6 is 0 Å². The van der Waals surface area contributed by atoms with Gasteiger partial charge in [-0.2, -0.15) is 0 Å². The van der Waals surface area contributed by atoms with Crippen LogP contribution in [-0.4, -0.2) is 57.5 Å². The molecule has 4 heterocycles. The summed E-state index contributed by atoms with van der Waals surface area (Å²) in [5.41, 5.74) is 3.26. The number of furan rings is 1. The Balaban J connectivity index is 1.04. The van der Waals surface area contributed by atoms with Gasteiger partial charge in [0.25, 0.3) is 5.89 Å². The van der Waals surface area contributed by atoms with Crippen molar-refractivity contribution in [2.24, 2.45) is 0 Å². The van der Waals surface area contributed by atoms with E-state index in [1.807, 2.05) is 30.5 Å². The Hall–Kier alpha value is -3.62. The minimum atomic E-state index is -0.581. The summed E-state index contributed by atoms with van der Waals surface area (Å²) in [6.45, 7) is 4.47. The van der Waals surface area contributed by atoms with Gasteiger partial charge in [0.2, 0.25) is 5.89 Å². The van der Waals surface area contributed by atoms with Gasteiger partial charge >= 0.3 is 0 Å². The fourth-order valence-corrected chi connectivity index (χ4v) is 4.97. The van der Waals surface area contributed by atoms with Crippen LogP contribution in [0.5, 0.6) is 5.75 Å². The quantitative estimate of drug-likeness (QED) is 0.348. The molecule has 180 valence electrons. The highest BCUT2D eigenvalue weighted by atomic mass is 16.5. The van der Waals surface area contributed by atoms with Crippen LogP contribution in [0.25, 0.3) is 33.5 Å². The molecule has 1 atom stereocenters. The maximum Gasteiger partial charge on any atom is 0.283 e. The molecule has 1 saturated heterocycles. The minimum Gasteiger partial charge on any atom is -0.490 e. The summed E-state index contributed by atoms with van der Waals surface area (Å²) < 4.78 is 17.3. The number of rotatable bonds is 7. The molecular formula is C27H28N4O4. The summed E-state index contributed by atoms with van der Waals surface area (Å²) >= 11 is 0. The first-order chi connectivity index (χ1) is 17.1. The second-order valence-corrected chi connectivity index (χ2v) is 9.27. The summed E-state index contributed by atoms with van der Waals surface area (Å²) in [4.78, 5) is 5.63. The number of piperidine rings is 1. The molecule has 0 radical (unpaired) electrons. The van der Waals surface area contributed by atoms with Gasteiger partial charge in [0.05, 0.1) is 5.39 Å². The molecule has 6 rings (SSSR count). The molecule has 8 nitrogen and oxygen atoms in total. The molecule has 0 amide bonds. The number of hydrogen-bond donors (Lipinski definition) is 2. The number of nitrogens with one attached hydrogen (secondary N) is 1. The van der Waals surface area contributed by atoms with Crippen molar-refractivity contribution < 1.29 is 18.7 Å². The predicted octanol–water partition coefficient (Wildman–Crippen LogP) is 4.89. The van der Waals surface area contributed by atoms with Gasteiger partial charge in [0, 0.05) is 31.2 Å². The van der Waals surface area contributed by atoms with Crippen molar-refractivity contribution in [3.8, 4) is 17.4 Å². The highest BCUT2D eigenvalue weighted by molar-refractivity contribution is 5.87. The average Bonchev–Trinajstić information content (AvgIpc) is 3.62. The molecule has 1 fully saturated rings. The molecule has 8 heteroatoms. The van der Waals surface area contributed by atoms with Gasteiger partial charge in [-0.05, 0) is 67.1 Å². The molecule has 0 aliphatic carbocycles. The van der Waals surface area contributed by atoms with Crippen molar-refractivity contribution in [1.82, 2.24) is 20.1 Å². The zero-order chi connectivity index (χ0) is 23.8. The van der Waals surface area contributed by atoms with Crippen molar-refractivity contribution in [2.75, 3.05) is 26.2 Å². The molecule has 0 spiro atoms. The lowest BCUT2D eigenvalue weighted by Crippen LogP contribution is -2.40. The predicted molar refractivity (Wildman–Crippen MR) is 132 cm³/mol. The standard InChI is InChI=1S/C27H28N4O4/c1-17-29-30-27(34-17)26-14-22-24(3-2-4-25(22)35-26)33-16-21(32)15-31-11-8-18(9-12-31)20-6-5-19-7-10-28-23(19)13-20/h2-7,10,13-14,18,21,28,32H,8-9,11-12,15-16H2,1H3/t21-/m0/s1. The highest BCUT2D eigenvalue weighted by Crippen LogP contribution is 2.33. The lowest BCUT2D eigenvalue weighted by Gasteiger charge is -2.33. The lowest BCUT2D eigenvalue weighted by atomic mass is 9.89. The molecule has 35 heavy (non-hydrogen) atoms. The molecular weight excluding hydrogens is 444 g/mol. The summed E-state index contributed by atoms with van der Waals surface area (Å²) in [5, 5.41) is 20.6. The van der Waals surface area contributed by atoms with Crippen molar-refractivity contribution in [2.45, 2.75) is 31.8 Å². The summed E-state index contributed by atoms with van der Waals surface area (Å²) in [6, 6.07) is 16.3. The third-order valence-electron chi connectivity index (χ3n) is 6.80. The number of β-amino-alcohol motifs (C(OH)–C–C–N with tert-alkyl or cyclic N) is 1. The number of H-pyrrole nitrogens is 1. The van der Waals surface area contributed by atoms with Crippen molar-refractivity contribution >= 4 is 21.9 Å². The molecule has 1 aliphatic heterocycles. The number of aryl methyl sites for hydroxylation is 1. The Kier molecular flexibility index (Phi) is 5.75. The second-order valence-electron chi connectivity index (χ2n) is 9.27. The first kappa shape index (κ1) is 21.9. The molecule has 2 N–H and O–H groups in total. The third kappa shape index (κ3) is 4.54.